The lowest BCUT2D eigenvalue weighted by Crippen LogP contribution is -2.47. The normalized spacial score (nSPS) is 20.7. The lowest BCUT2D eigenvalue weighted by molar-refractivity contribution is -0.0177. The number of likely N-dealkylation sites (N-methyl/N-ethyl adjacent to an activating group) is 1. The quantitative estimate of drug-likeness (QED) is 0.363. The summed E-state index contributed by atoms with van der Waals surface area (Å²) in [4.78, 5) is 35.1. The molecule has 0 saturated carbocycles. The van der Waals surface area contributed by atoms with Crippen molar-refractivity contribution in [3.8, 4) is 5.75 Å². The minimum Gasteiger partial charge on any atom is -0.490 e. The molecule has 0 bridgehead atoms. The molecular formula is C35H46N4O5. The number of fused-ring (bicyclic) bond motifs is 1. The van der Waals surface area contributed by atoms with Gasteiger partial charge in [0.25, 0.3) is 11.8 Å². The van der Waals surface area contributed by atoms with E-state index >= 15 is 0 Å². The Morgan fingerprint density at radius 1 is 1.11 bits per heavy atom. The Labute approximate surface area is 261 Å². The molecule has 2 N–H and O–H groups in total. The van der Waals surface area contributed by atoms with E-state index in [-0.39, 0.29) is 36.5 Å². The average Bonchev–Trinajstić information content (AvgIpc) is 3.03. The Hall–Kier alpha value is -3.79. The van der Waals surface area contributed by atoms with Crippen molar-refractivity contribution < 1.29 is 24.2 Å². The SMILES string of the molecule is C[C@@H]1CN([C@H](C)CO)C(=O)c2cc(NC(=O)c3ccncc3)ccc2O[C@@H](C)CCCCO[C@@H]1CN(C)Cc1ccccc1. The van der Waals surface area contributed by atoms with Crippen LogP contribution in [0.2, 0.25) is 0 Å². The smallest absolute Gasteiger partial charge is 0.258 e. The second-order valence-electron chi connectivity index (χ2n) is 11.9. The number of rotatable bonds is 8. The van der Waals surface area contributed by atoms with Crippen LogP contribution in [0.3, 0.4) is 0 Å². The van der Waals surface area contributed by atoms with Gasteiger partial charge in [-0.15, -0.1) is 0 Å². The van der Waals surface area contributed by atoms with E-state index in [1.165, 1.54) is 5.56 Å². The maximum atomic E-state index is 14.3. The number of aromatic nitrogens is 1. The minimum absolute atomic E-state index is 0.0213. The molecular weight excluding hydrogens is 556 g/mol. The molecule has 236 valence electrons. The third-order valence-corrected chi connectivity index (χ3v) is 8.04. The molecule has 0 saturated heterocycles. The van der Waals surface area contributed by atoms with Gasteiger partial charge >= 0.3 is 0 Å². The molecule has 2 amide bonds. The van der Waals surface area contributed by atoms with Crippen molar-refractivity contribution in [1.29, 1.82) is 0 Å². The van der Waals surface area contributed by atoms with Gasteiger partial charge in [-0.2, -0.15) is 0 Å². The van der Waals surface area contributed by atoms with E-state index in [9.17, 15) is 14.7 Å². The van der Waals surface area contributed by atoms with Gasteiger partial charge in [0.05, 0.1) is 30.4 Å². The fourth-order valence-electron chi connectivity index (χ4n) is 5.44. The van der Waals surface area contributed by atoms with Gasteiger partial charge in [0, 0.05) is 55.8 Å². The third-order valence-electron chi connectivity index (χ3n) is 8.04. The van der Waals surface area contributed by atoms with Crippen LogP contribution in [0, 0.1) is 5.92 Å². The maximum Gasteiger partial charge on any atom is 0.258 e. The summed E-state index contributed by atoms with van der Waals surface area (Å²) >= 11 is 0. The summed E-state index contributed by atoms with van der Waals surface area (Å²) in [5.41, 5.74) is 2.51. The number of carbonyl (C=O) groups is 2. The fraction of sp³-hybridized carbons (Fsp3) is 0.457. The van der Waals surface area contributed by atoms with Crippen molar-refractivity contribution in [1.82, 2.24) is 14.8 Å². The number of hydrogen-bond acceptors (Lipinski definition) is 7. The van der Waals surface area contributed by atoms with E-state index in [1.807, 2.05) is 32.0 Å². The number of hydrogen-bond donors (Lipinski definition) is 2. The number of amides is 2. The predicted molar refractivity (Wildman–Crippen MR) is 172 cm³/mol. The summed E-state index contributed by atoms with van der Waals surface area (Å²) in [6.07, 6.45) is 5.51. The number of anilines is 1. The monoisotopic (exact) mass is 602 g/mol. The number of nitrogens with zero attached hydrogens (tertiary/aromatic N) is 3. The van der Waals surface area contributed by atoms with Crippen LogP contribution in [0.1, 0.15) is 66.3 Å². The number of ether oxygens (including phenoxy) is 2. The summed E-state index contributed by atoms with van der Waals surface area (Å²) in [6, 6.07) is 18.3. The zero-order valence-corrected chi connectivity index (χ0v) is 26.3. The van der Waals surface area contributed by atoms with Gasteiger partial charge in [-0.3, -0.25) is 19.5 Å². The number of carbonyl (C=O) groups excluding carboxylic acids is 2. The van der Waals surface area contributed by atoms with Gasteiger partial charge in [0.1, 0.15) is 5.75 Å². The van der Waals surface area contributed by atoms with E-state index in [4.69, 9.17) is 9.47 Å². The summed E-state index contributed by atoms with van der Waals surface area (Å²) in [5.74, 6) is -0.135. The van der Waals surface area contributed by atoms with Gasteiger partial charge in [-0.05, 0) is 76.1 Å². The largest absolute Gasteiger partial charge is 0.490 e. The van der Waals surface area contributed by atoms with E-state index in [1.54, 1.807) is 47.6 Å². The number of nitrogens with one attached hydrogen (secondary N) is 1. The van der Waals surface area contributed by atoms with Crippen molar-refractivity contribution in [2.75, 3.05) is 38.7 Å². The predicted octanol–water partition coefficient (Wildman–Crippen LogP) is 5.26. The lowest BCUT2D eigenvalue weighted by atomic mass is 10.0. The van der Waals surface area contributed by atoms with Crippen LogP contribution in [0.5, 0.6) is 5.75 Å². The van der Waals surface area contributed by atoms with Crippen LogP contribution < -0.4 is 10.1 Å². The van der Waals surface area contributed by atoms with Crippen LogP contribution in [0.25, 0.3) is 0 Å². The van der Waals surface area contributed by atoms with Crippen LogP contribution in [-0.2, 0) is 11.3 Å². The van der Waals surface area contributed by atoms with Crippen LogP contribution >= 0.6 is 0 Å². The first-order valence-corrected chi connectivity index (χ1v) is 15.5. The molecule has 1 aromatic heterocycles. The summed E-state index contributed by atoms with van der Waals surface area (Å²) in [7, 11) is 2.09. The van der Waals surface area contributed by atoms with Gasteiger partial charge < -0.3 is 24.8 Å². The molecule has 4 rings (SSSR count). The van der Waals surface area contributed by atoms with Gasteiger partial charge in [-0.25, -0.2) is 0 Å². The molecule has 0 unspecified atom stereocenters. The fourth-order valence-corrected chi connectivity index (χ4v) is 5.44. The molecule has 3 aromatic rings. The maximum absolute atomic E-state index is 14.3. The van der Waals surface area contributed by atoms with Crippen molar-refractivity contribution in [3.05, 3.63) is 89.7 Å². The molecule has 0 fully saturated rings. The van der Waals surface area contributed by atoms with Crippen LogP contribution in [0.15, 0.2) is 73.1 Å². The molecule has 2 heterocycles. The summed E-state index contributed by atoms with van der Waals surface area (Å²) in [5, 5.41) is 13.1. The Bertz CT molecular complexity index is 1340. The molecule has 44 heavy (non-hydrogen) atoms. The second kappa shape index (κ2) is 16.3. The minimum atomic E-state index is -0.444. The Morgan fingerprint density at radius 3 is 2.59 bits per heavy atom. The molecule has 1 aliphatic rings. The van der Waals surface area contributed by atoms with Gasteiger partial charge in [0.15, 0.2) is 0 Å². The molecule has 0 spiro atoms. The van der Waals surface area contributed by atoms with E-state index in [2.05, 4.69) is 41.3 Å². The topological polar surface area (TPSA) is 104 Å². The second-order valence-corrected chi connectivity index (χ2v) is 11.9. The molecule has 9 heteroatoms. The molecule has 0 radical (unpaired) electrons. The third kappa shape index (κ3) is 9.35. The molecule has 1 aliphatic heterocycles. The van der Waals surface area contributed by atoms with E-state index in [0.29, 0.717) is 42.3 Å². The number of aliphatic hydroxyl groups is 1. The van der Waals surface area contributed by atoms with Gasteiger partial charge in [-0.1, -0.05) is 37.3 Å². The van der Waals surface area contributed by atoms with Crippen LogP contribution in [0.4, 0.5) is 5.69 Å². The zero-order valence-electron chi connectivity index (χ0n) is 26.3. The van der Waals surface area contributed by atoms with Crippen molar-refractivity contribution in [3.63, 3.8) is 0 Å². The van der Waals surface area contributed by atoms with Crippen molar-refractivity contribution >= 4 is 17.5 Å². The molecule has 2 aromatic carbocycles. The number of pyridine rings is 1. The molecule has 4 atom stereocenters. The average molecular weight is 603 g/mol. The van der Waals surface area contributed by atoms with Crippen molar-refractivity contribution in [2.24, 2.45) is 5.92 Å². The lowest BCUT2D eigenvalue weighted by Gasteiger charge is -2.36. The first kappa shape index (κ1) is 33.1. The summed E-state index contributed by atoms with van der Waals surface area (Å²) in [6.45, 7) is 8.24. The number of aliphatic hydroxyl groups excluding tert-OH is 1. The molecule has 0 aliphatic carbocycles. The highest BCUT2D eigenvalue weighted by Gasteiger charge is 2.30. The first-order valence-electron chi connectivity index (χ1n) is 15.5. The standard InChI is InChI=1S/C35H46N4O5/c1-25-21-39(26(2)24-40)35(42)31-20-30(37-34(41)29-15-17-36-18-16-29)13-14-32(31)44-27(3)10-8-9-19-43-33(25)23-38(4)22-28-11-6-5-7-12-28/h5-7,11-18,20,25-27,33,40H,8-10,19,21-24H2,1-4H3,(H,37,41)/t25-,26-,27+,33-/m1/s1. The summed E-state index contributed by atoms with van der Waals surface area (Å²) < 4.78 is 12.8. The zero-order chi connectivity index (χ0) is 31.5. The van der Waals surface area contributed by atoms with Crippen LogP contribution in [-0.4, -0.2) is 83.3 Å². The Balaban J connectivity index is 1.61. The van der Waals surface area contributed by atoms with E-state index < -0.39 is 6.04 Å². The van der Waals surface area contributed by atoms with Crippen molar-refractivity contribution in [2.45, 2.75) is 64.8 Å². The highest BCUT2D eigenvalue weighted by molar-refractivity contribution is 6.05. The highest BCUT2D eigenvalue weighted by atomic mass is 16.5. The Morgan fingerprint density at radius 2 is 1.86 bits per heavy atom. The highest BCUT2D eigenvalue weighted by Crippen LogP contribution is 2.29. The van der Waals surface area contributed by atoms with Gasteiger partial charge in [0.2, 0.25) is 0 Å². The number of benzene rings is 2. The van der Waals surface area contributed by atoms with E-state index in [0.717, 1.165) is 25.8 Å². The molecule has 9 nitrogen and oxygen atoms in total. The Kier molecular flexibility index (Phi) is 12.3. The first-order chi connectivity index (χ1) is 21.2.